The molecule has 0 aliphatic carbocycles. The molecule has 0 heterocycles. The highest BCUT2D eigenvalue weighted by Crippen LogP contribution is 2.16. The summed E-state index contributed by atoms with van der Waals surface area (Å²) < 4.78 is 5.07. The number of benzene rings is 1. The van der Waals surface area contributed by atoms with Gasteiger partial charge in [-0.25, -0.2) is 0 Å². The van der Waals surface area contributed by atoms with Crippen molar-refractivity contribution in [1.29, 1.82) is 0 Å². The lowest BCUT2D eigenvalue weighted by atomic mass is 10.3. The van der Waals surface area contributed by atoms with Crippen LogP contribution in [0.5, 0.6) is 5.75 Å². The molecular weight excluding hydrogens is 210 g/mol. The van der Waals surface area contributed by atoms with Gasteiger partial charge in [-0.2, -0.15) is 0 Å². The molecule has 0 aromatic heterocycles. The van der Waals surface area contributed by atoms with Crippen molar-refractivity contribution >= 4 is 17.5 Å². The predicted molar refractivity (Wildman–Crippen MR) is 58.8 cm³/mol. The molecule has 0 fully saturated rings. The van der Waals surface area contributed by atoms with E-state index in [9.17, 15) is 9.59 Å². The first kappa shape index (κ1) is 12.0. The summed E-state index contributed by atoms with van der Waals surface area (Å²) in [7, 11) is 0. The minimum absolute atomic E-state index is 0.0909. The second-order valence-corrected chi connectivity index (χ2v) is 3.04. The van der Waals surface area contributed by atoms with E-state index in [0.29, 0.717) is 11.4 Å². The molecule has 1 aromatic rings. The Morgan fingerprint density at radius 3 is 2.75 bits per heavy atom. The van der Waals surface area contributed by atoms with Crippen LogP contribution in [0.15, 0.2) is 24.3 Å². The number of rotatable bonds is 5. The highest BCUT2D eigenvalue weighted by Gasteiger charge is 2.01. The second kappa shape index (κ2) is 5.72. The average Bonchev–Trinajstić information content (AvgIpc) is 2.26. The Labute approximate surface area is 92.6 Å². The fourth-order valence-electron chi connectivity index (χ4n) is 1.03. The molecule has 6 nitrogen and oxygen atoms in total. The molecule has 0 aliphatic heterocycles. The van der Waals surface area contributed by atoms with Gasteiger partial charge >= 0.3 is 0 Å². The third-order valence-corrected chi connectivity index (χ3v) is 1.68. The molecule has 0 radical (unpaired) electrons. The number of primary amides is 1. The summed E-state index contributed by atoms with van der Waals surface area (Å²) in [6.45, 7) is -0.291. The molecular formula is C10H13N3O3. The average molecular weight is 223 g/mol. The van der Waals surface area contributed by atoms with Gasteiger partial charge in [0.1, 0.15) is 5.75 Å². The van der Waals surface area contributed by atoms with Gasteiger partial charge in [0, 0.05) is 11.8 Å². The zero-order valence-corrected chi connectivity index (χ0v) is 8.60. The van der Waals surface area contributed by atoms with E-state index in [1.807, 2.05) is 0 Å². The maximum Gasteiger partial charge on any atom is 0.255 e. The van der Waals surface area contributed by atoms with Crippen LogP contribution in [0.2, 0.25) is 0 Å². The van der Waals surface area contributed by atoms with Crippen LogP contribution >= 0.6 is 0 Å². The Hall–Kier alpha value is -2.08. The zero-order valence-electron chi connectivity index (χ0n) is 8.60. The van der Waals surface area contributed by atoms with Gasteiger partial charge in [0.05, 0.1) is 6.54 Å². The Kier molecular flexibility index (Phi) is 4.28. The van der Waals surface area contributed by atoms with Crippen LogP contribution in [0.4, 0.5) is 5.69 Å². The minimum atomic E-state index is -0.559. The molecule has 0 spiro atoms. The van der Waals surface area contributed by atoms with E-state index >= 15 is 0 Å². The smallest absolute Gasteiger partial charge is 0.255 e. The molecule has 16 heavy (non-hydrogen) atoms. The highest BCUT2D eigenvalue weighted by molar-refractivity contribution is 5.92. The number of amides is 2. The highest BCUT2D eigenvalue weighted by atomic mass is 16.5. The van der Waals surface area contributed by atoms with Crippen molar-refractivity contribution in [2.45, 2.75) is 0 Å². The van der Waals surface area contributed by atoms with Gasteiger partial charge in [0.25, 0.3) is 5.91 Å². The molecule has 5 N–H and O–H groups in total. The molecule has 0 aliphatic rings. The van der Waals surface area contributed by atoms with Crippen LogP contribution < -0.4 is 21.5 Å². The van der Waals surface area contributed by atoms with Crippen molar-refractivity contribution in [2.24, 2.45) is 11.5 Å². The molecule has 1 aromatic carbocycles. The molecule has 86 valence electrons. The van der Waals surface area contributed by atoms with Gasteiger partial charge in [0.2, 0.25) is 5.91 Å². The maximum atomic E-state index is 11.0. The molecule has 0 bridgehead atoms. The first-order chi connectivity index (χ1) is 7.61. The second-order valence-electron chi connectivity index (χ2n) is 3.04. The summed E-state index contributed by atoms with van der Waals surface area (Å²) in [4.78, 5) is 21.5. The Bertz CT molecular complexity index is 393. The summed E-state index contributed by atoms with van der Waals surface area (Å²) in [6, 6.07) is 6.60. The number of anilines is 1. The quantitative estimate of drug-likeness (QED) is 0.622. The van der Waals surface area contributed by atoms with Crippen LogP contribution in [0, 0.1) is 0 Å². The van der Waals surface area contributed by atoms with Crippen LogP contribution in [0.1, 0.15) is 0 Å². The molecule has 1 rings (SSSR count). The predicted octanol–water partition coefficient (Wildman–Crippen LogP) is -0.552. The lowest BCUT2D eigenvalue weighted by Gasteiger charge is -2.07. The van der Waals surface area contributed by atoms with Crippen LogP contribution in [-0.2, 0) is 9.59 Å². The number of carbonyl (C=O) groups is 2. The number of nitrogens with two attached hydrogens (primary N) is 2. The van der Waals surface area contributed by atoms with Crippen molar-refractivity contribution in [3.05, 3.63) is 24.3 Å². The van der Waals surface area contributed by atoms with E-state index in [0.717, 1.165) is 0 Å². The lowest BCUT2D eigenvalue weighted by molar-refractivity contribution is -0.120. The van der Waals surface area contributed by atoms with Gasteiger partial charge in [-0.05, 0) is 12.1 Å². The van der Waals surface area contributed by atoms with E-state index in [1.165, 1.54) is 0 Å². The van der Waals surface area contributed by atoms with Gasteiger partial charge in [-0.15, -0.1) is 0 Å². The summed E-state index contributed by atoms with van der Waals surface area (Å²) in [5, 5.41) is 2.56. The normalized spacial score (nSPS) is 9.56. The van der Waals surface area contributed by atoms with E-state index in [-0.39, 0.29) is 19.1 Å². The van der Waals surface area contributed by atoms with Gasteiger partial charge in [0.15, 0.2) is 6.61 Å². The van der Waals surface area contributed by atoms with Gasteiger partial charge < -0.3 is 21.5 Å². The maximum absolute atomic E-state index is 11.0. The molecule has 0 saturated heterocycles. The van der Waals surface area contributed by atoms with Crippen molar-refractivity contribution in [3.63, 3.8) is 0 Å². The summed E-state index contributed by atoms with van der Waals surface area (Å²) in [5.74, 6) is -0.405. The molecule has 0 saturated carbocycles. The lowest BCUT2D eigenvalue weighted by Crippen LogP contribution is -2.22. The first-order valence-electron chi connectivity index (χ1n) is 4.63. The van der Waals surface area contributed by atoms with E-state index in [4.69, 9.17) is 16.2 Å². The van der Waals surface area contributed by atoms with Crippen molar-refractivity contribution in [1.82, 2.24) is 0 Å². The van der Waals surface area contributed by atoms with Crippen molar-refractivity contribution in [3.8, 4) is 5.75 Å². The van der Waals surface area contributed by atoms with Crippen molar-refractivity contribution in [2.75, 3.05) is 18.5 Å². The summed E-state index contributed by atoms with van der Waals surface area (Å²) >= 11 is 0. The Morgan fingerprint density at radius 2 is 2.12 bits per heavy atom. The van der Waals surface area contributed by atoms with Gasteiger partial charge in [-0.1, -0.05) is 6.07 Å². The largest absolute Gasteiger partial charge is 0.484 e. The zero-order chi connectivity index (χ0) is 12.0. The number of hydrogen-bond acceptors (Lipinski definition) is 4. The monoisotopic (exact) mass is 223 g/mol. The standard InChI is InChI=1S/C10H13N3O3/c11-5-10(15)13-7-2-1-3-8(4-7)16-6-9(12)14/h1-4H,5-6,11H2,(H2,12,14)(H,13,15). The van der Waals surface area contributed by atoms with Gasteiger partial charge in [-0.3, -0.25) is 9.59 Å². The first-order valence-corrected chi connectivity index (χ1v) is 4.63. The number of hydrogen-bond donors (Lipinski definition) is 3. The topological polar surface area (TPSA) is 107 Å². The third-order valence-electron chi connectivity index (χ3n) is 1.68. The summed E-state index contributed by atoms with van der Waals surface area (Å²) in [6.07, 6.45) is 0. The Morgan fingerprint density at radius 1 is 1.38 bits per heavy atom. The fraction of sp³-hybridized carbons (Fsp3) is 0.200. The minimum Gasteiger partial charge on any atom is -0.484 e. The number of ether oxygens (including phenoxy) is 1. The molecule has 2 amide bonds. The number of nitrogens with one attached hydrogen (secondary N) is 1. The van der Waals surface area contributed by atoms with Crippen LogP contribution in [0.3, 0.4) is 0 Å². The SMILES string of the molecule is NCC(=O)Nc1cccc(OCC(N)=O)c1. The van der Waals surface area contributed by atoms with Crippen molar-refractivity contribution < 1.29 is 14.3 Å². The van der Waals surface area contributed by atoms with E-state index in [1.54, 1.807) is 24.3 Å². The number of carbonyl (C=O) groups excluding carboxylic acids is 2. The van der Waals surface area contributed by atoms with Crippen LogP contribution in [-0.4, -0.2) is 25.0 Å². The Balaban J connectivity index is 2.63. The fourth-order valence-corrected chi connectivity index (χ4v) is 1.03. The van der Waals surface area contributed by atoms with E-state index < -0.39 is 5.91 Å². The molecule has 6 heteroatoms. The summed E-state index contributed by atoms with van der Waals surface area (Å²) in [5.41, 5.74) is 10.6. The molecule has 0 unspecified atom stereocenters. The third kappa shape index (κ3) is 3.97. The molecule has 0 atom stereocenters. The van der Waals surface area contributed by atoms with E-state index in [2.05, 4.69) is 5.32 Å². The van der Waals surface area contributed by atoms with Crippen LogP contribution in [0.25, 0.3) is 0 Å².